The summed E-state index contributed by atoms with van der Waals surface area (Å²) in [6, 6.07) is 4.67. The van der Waals surface area contributed by atoms with Gasteiger partial charge in [0, 0.05) is 16.5 Å². The molecule has 1 amide bonds. The van der Waals surface area contributed by atoms with E-state index in [1.807, 2.05) is 0 Å². The first kappa shape index (κ1) is 18.4. The maximum atomic E-state index is 12.1. The third-order valence-corrected chi connectivity index (χ3v) is 3.25. The van der Waals surface area contributed by atoms with Crippen molar-refractivity contribution in [2.45, 2.75) is 45.8 Å². The minimum absolute atomic E-state index is 0.397. The Hall–Kier alpha value is -1.62. The normalized spacial score (nSPS) is 12.3. The van der Waals surface area contributed by atoms with Crippen LogP contribution in [0.15, 0.2) is 23.4 Å². The van der Waals surface area contributed by atoms with Crippen LogP contribution in [0.25, 0.3) is 10.4 Å². The molecule has 1 rings (SSSR count). The standard InChI is InChI=1S/C14H18Cl2N4O2/c1-9(7-10-5-6-11(15)8-12(10)16)20(19-18-17)13(21)22-14(2,3)4/h5-6,8-9H,7H2,1-4H3. The molecule has 0 heterocycles. The second-order valence-electron chi connectivity index (χ2n) is 5.79. The molecule has 120 valence electrons. The summed E-state index contributed by atoms with van der Waals surface area (Å²) in [7, 11) is 0. The van der Waals surface area contributed by atoms with E-state index in [0.717, 1.165) is 10.6 Å². The Labute approximate surface area is 139 Å². The molecule has 0 aliphatic heterocycles. The fourth-order valence-electron chi connectivity index (χ4n) is 1.75. The van der Waals surface area contributed by atoms with Crippen molar-refractivity contribution in [3.05, 3.63) is 44.3 Å². The third kappa shape index (κ3) is 5.64. The van der Waals surface area contributed by atoms with Gasteiger partial charge in [0.15, 0.2) is 0 Å². The van der Waals surface area contributed by atoms with Crippen LogP contribution < -0.4 is 0 Å². The lowest BCUT2D eigenvalue weighted by atomic mass is 10.1. The Balaban J connectivity index is 2.91. The highest BCUT2D eigenvalue weighted by atomic mass is 35.5. The molecule has 8 heteroatoms. The lowest BCUT2D eigenvalue weighted by molar-refractivity contribution is 0.0176. The van der Waals surface area contributed by atoms with Gasteiger partial charge in [-0.15, -0.1) is 10.5 Å². The van der Waals surface area contributed by atoms with E-state index in [-0.39, 0.29) is 0 Å². The van der Waals surface area contributed by atoms with Crippen LogP contribution in [0, 0.1) is 0 Å². The van der Waals surface area contributed by atoms with Crippen molar-refractivity contribution in [1.29, 1.82) is 0 Å². The minimum Gasteiger partial charge on any atom is -0.425 e. The molecule has 0 fully saturated rings. The zero-order chi connectivity index (χ0) is 16.9. The second kappa shape index (κ2) is 7.58. The molecule has 0 bridgehead atoms. The van der Waals surface area contributed by atoms with Gasteiger partial charge in [-0.05, 0) is 50.6 Å². The van der Waals surface area contributed by atoms with Gasteiger partial charge in [0.05, 0.1) is 0 Å². The maximum absolute atomic E-state index is 12.1. The molecular weight excluding hydrogens is 327 g/mol. The van der Waals surface area contributed by atoms with E-state index in [0.29, 0.717) is 16.5 Å². The maximum Gasteiger partial charge on any atom is 0.511 e. The van der Waals surface area contributed by atoms with Gasteiger partial charge in [-0.2, -0.15) is 9.71 Å². The van der Waals surface area contributed by atoms with E-state index in [1.54, 1.807) is 45.9 Å². The Morgan fingerprint density at radius 3 is 2.59 bits per heavy atom. The van der Waals surface area contributed by atoms with Gasteiger partial charge in [0.1, 0.15) is 11.6 Å². The summed E-state index contributed by atoms with van der Waals surface area (Å²) in [5, 5.41) is 5.41. The molecule has 1 atom stereocenters. The average molecular weight is 345 g/mol. The van der Waals surface area contributed by atoms with Gasteiger partial charge in [-0.3, -0.25) is 0 Å². The van der Waals surface area contributed by atoms with E-state index in [1.165, 1.54) is 0 Å². The number of carbonyl (C=O) groups is 1. The number of ether oxygens (including phenoxy) is 1. The van der Waals surface area contributed by atoms with Crippen LogP contribution >= 0.6 is 23.2 Å². The van der Waals surface area contributed by atoms with Crippen molar-refractivity contribution in [3.8, 4) is 0 Å². The van der Waals surface area contributed by atoms with Gasteiger partial charge >= 0.3 is 6.09 Å². The number of halogens is 2. The van der Waals surface area contributed by atoms with Crippen LogP contribution in [0.5, 0.6) is 0 Å². The van der Waals surface area contributed by atoms with E-state index in [9.17, 15) is 4.79 Å². The van der Waals surface area contributed by atoms with Gasteiger partial charge < -0.3 is 4.74 Å². The number of azide groups is 1. The van der Waals surface area contributed by atoms with Gasteiger partial charge in [-0.25, -0.2) is 0 Å². The molecule has 0 N–H and O–H groups in total. The lowest BCUT2D eigenvalue weighted by Crippen LogP contribution is -2.39. The molecule has 22 heavy (non-hydrogen) atoms. The molecule has 0 aliphatic rings. The van der Waals surface area contributed by atoms with Gasteiger partial charge in [0.25, 0.3) is 0 Å². The SMILES string of the molecule is CC(Cc1ccc(Cl)cc1Cl)N(N=[N+]=[N-])C(=O)OC(C)(C)C. The third-order valence-electron chi connectivity index (χ3n) is 2.66. The predicted molar refractivity (Wildman–Crippen MR) is 86.8 cm³/mol. The van der Waals surface area contributed by atoms with Crippen molar-refractivity contribution in [3.63, 3.8) is 0 Å². The van der Waals surface area contributed by atoms with Crippen LogP contribution in [-0.4, -0.2) is 22.7 Å². The van der Waals surface area contributed by atoms with Crippen molar-refractivity contribution < 1.29 is 9.53 Å². The molecule has 0 aliphatic carbocycles. The van der Waals surface area contributed by atoms with E-state index < -0.39 is 17.7 Å². The van der Waals surface area contributed by atoms with Crippen LogP contribution in [0.4, 0.5) is 4.79 Å². The summed E-state index contributed by atoms with van der Waals surface area (Å²) in [6.45, 7) is 6.95. The summed E-state index contributed by atoms with van der Waals surface area (Å²) in [6.07, 6.45) is -0.309. The van der Waals surface area contributed by atoms with Crippen LogP contribution in [-0.2, 0) is 11.2 Å². The fraction of sp³-hybridized carbons (Fsp3) is 0.500. The zero-order valence-electron chi connectivity index (χ0n) is 12.9. The summed E-state index contributed by atoms with van der Waals surface area (Å²) in [5.74, 6) is 0. The van der Waals surface area contributed by atoms with Crippen LogP contribution in [0.2, 0.25) is 10.0 Å². The molecule has 1 aromatic carbocycles. The van der Waals surface area contributed by atoms with E-state index in [4.69, 9.17) is 33.5 Å². The highest BCUT2D eigenvalue weighted by Gasteiger charge is 2.30. The molecular formula is C14H18Cl2N4O2. The zero-order valence-corrected chi connectivity index (χ0v) is 14.4. The Bertz CT molecular complexity index is 595. The van der Waals surface area contributed by atoms with Crippen molar-refractivity contribution >= 4 is 29.3 Å². The molecule has 0 radical (unpaired) electrons. The van der Waals surface area contributed by atoms with Crippen molar-refractivity contribution in [2.75, 3.05) is 0 Å². The topological polar surface area (TPSA) is 78.3 Å². The number of nitrogens with zero attached hydrogens (tertiary/aromatic N) is 4. The number of amides is 1. The number of hydrogen-bond acceptors (Lipinski definition) is 3. The predicted octanol–water partition coefficient (Wildman–Crippen LogP) is 5.39. The lowest BCUT2D eigenvalue weighted by Gasteiger charge is -2.24. The first-order valence-corrected chi connectivity index (χ1v) is 7.41. The smallest absolute Gasteiger partial charge is 0.425 e. The Morgan fingerprint density at radius 1 is 1.45 bits per heavy atom. The van der Waals surface area contributed by atoms with Crippen molar-refractivity contribution in [1.82, 2.24) is 5.01 Å². The summed E-state index contributed by atoms with van der Waals surface area (Å²) >= 11 is 12.0. The van der Waals surface area contributed by atoms with Crippen LogP contribution in [0.1, 0.15) is 33.3 Å². The first-order valence-electron chi connectivity index (χ1n) is 6.65. The second-order valence-corrected chi connectivity index (χ2v) is 6.64. The largest absolute Gasteiger partial charge is 0.511 e. The molecule has 6 nitrogen and oxygen atoms in total. The number of hydrogen-bond donors (Lipinski definition) is 0. The molecule has 1 unspecified atom stereocenters. The summed E-state index contributed by atoms with van der Waals surface area (Å²) in [5.41, 5.74) is 8.76. The van der Waals surface area contributed by atoms with Crippen LogP contribution in [0.3, 0.4) is 0 Å². The Morgan fingerprint density at radius 2 is 2.09 bits per heavy atom. The summed E-state index contributed by atoms with van der Waals surface area (Å²) < 4.78 is 5.23. The molecule has 0 saturated carbocycles. The molecule has 1 aromatic rings. The quantitative estimate of drug-likeness (QED) is 0.317. The molecule has 0 aromatic heterocycles. The first-order chi connectivity index (χ1) is 10.1. The van der Waals surface area contributed by atoms with Gasteiger partial charge in [-0.1, -0.05) is 29.3 Å². The van der Waals surface area contributed by atoms with Crippen molar-refractivity contribution in [2.24, 2.45) is 5.22 Å². The number of carbonyl (C=O) groups excluding carboxylic acids is 1. The number of rotatable bonds is 4. The molecule has 0 saturated heterocycles. The average Bonchev–Trinajstić information content (AvgIpc) is 2.37. The van der Waals surface area contributed by atoms with E-state index >= 15 is 0 Å². The highest BCUT2D eigenvalue weighted by Crippen LogP contribution is 2.24. The van der Waals surface area contributed by atoms with E-state index in [2.05, 4.69) is 10.1 Å². The minimum atomic E-state index is -0.706. The molecule has 0 spiro atoms. The number of benzene rings is 1. The summed E-state index contributed by atoms with van der Waals surface area (Å²) in [4.78, 5) is 14.8. The van der Waals surface area contributed by atoms with Gasteiger partial charge in [0.2, 0.25) is 0 Å². The Kier molecular flexibility index (Phi) is 6.35. The monoisotopic (exact) mass is 344 g/mol. The fourth-order valence-corrected chi connectivity index (χ4v) is 2.23. The highest BCUT2D eigenvalue weighted by molar-refractivity contribution is 6.35.